The van der Waals surface area contributed by atoms with Gasteiger partial charge in [-0.2, -0.15) is 0 Å². The number of rotatable bonds is 9. The van der Waals surface area contributed by atoms with Crippen LogP contribution in [-0.4, -0.2) is 22.8 Å². The van der Waals surface area contributed by atoms with Crippen LogP contribution in [0.4, 0.5) is 0 Å². The van der Waals surface area contributed by atoms with E-state index in [1.807, 2.05) is 49.4 Å². The lowest BCUT2D eigenvalue weighted by molar-refractivity contribution is 0.243. The first kappa shape index (κ1) is 21.4. The Morgan fingerprint density at radius 3 is 2.65 bits per heavy atom. The van der Waals surface area contributed by atoms with Gasteiger partial charge in [-0.05, 0) is 73.1 Å². The number of hydrogen-bond acceptors (Lipinski definition) is 4. The van der Waals surface area contributed by atoms with Gasteiger partial charge in [0.15, 0.2) is 0 Å². The summed E-state index contributed by atoms with van der Waals surface area (Å²) in [6.07, 6.45) is 6.53. The first-order valence-corrected chi connectivity index (χ1v) is 11.1. The Bertz CT molecular complexity index is 1090. The van der Waals surface area contributed by atoms with E-state index in [0.29, 0.717) is 24.0 Å². The second-order valence-corrected chi connectivity index (χ2v) is 8.64. The molecule has 1 aliphatic rings. The van der Waals surface area contributed by atoms with Crippen LogP contribution in [0.3, 0.4) is 0 Å². The van der Waals surface area contributed by atoms with Crippen molar-refractivity contribution in [3.8, 4) is 17.3 Å². The standard InChI is InChI=1S/C25H27ClN2O3/c1-17-15-22(9-10-23(17)31-16-18(2)20-5-6-20)28-13-12-27-24(25(28)29)30-14-11-19-3-7-21(26)8-4-19/h3-4,7-10,12-13,15,18,20H,5-6,11,14,16H2,1-2H3. The summed E-state index contributed by atoms with van der Waals surface area (Å²) in [6, 6.07) is 13.3. The summed E-state index contributed by atoms with van der Waals surface area (Å²) < 4.78 is 13.2. The minimum atomic E-state index is -0.283. The molecule has 2 aromatic carbocycles. The molecule has 0 radical (unpaired) electrons. The molecule has 1 aliphatic carbocycles. The van der Waals surface area contributed by atoms with Crippen LogP contribution in [0.1, 0.15) is 30.9 Å². The fourth-order valence-corrected chi connectivity index (χ4v) is 3.71. The Hall–Kier alpha value is -2.79. The largest absolute Gasteiger partial charge is 0.493 e. The number of benzene rings is 2. The lowest BCUT2D eigenvalue weighted by Crippen LogP contribution is -2.22. The van der Waals surface area contributed by atoms with Crippen molar-refractivity contribution in [3.63, 3.8) is 0 Å². The van der Waals surface area contributed by atoms with E-state index in [1.165, 1.54) is 12.8 Å². The fraction of sp³-hybridized carbons (Fsp3) is 0.360. The highest BCUT2D eigenvalue weighted by Crippen LogP contribution is 2.37. The maximum Gasteiger partial charge on any atom is 0.317 e. The lowest BCUT2D eigenvalue weighted by atomic mass is 10.1. The van der Waals surface area contributed by atoms with E-state index >= 15 is 0 Å². The molecule has 1 fully saturated rings. The van der Waals surface area contributed by atoms with Gasteiger partial charge >= 0.3 is 5.56 Å². The summed E-state index contributed by atoms with van der Waals surface area (Å²) in [5, 5.41) is 0.696. The molecule has 0 saturated heterocycles. The van der Waals surface area contributed by atoms with Crippen molar-refractivity contribution in [2.45, 2.75) is 33.1 Å². The van der Waals surface area contributed by atoms with Crippen LogP contribution in [0.15, 0.2) is 59.7 Å². The summed E-state index contributed by atoms with van der Waals surface area (Å²) in [4.78, 5) is 17.0. The van der Waals surface area contributed by atoms with Gasteiger partial charge in [-0.1, -0.05) is 30.7 Å². The predicted molar refractivity (Wildman–Crippen MR) is 123 cm³/mol. The van der Waals surface area contributed by atoms with Crippen molar-refractivity contribution in [2.24, 2.45) is 11.8 Å². The Morgan fingerprint density at radius 1 is 1.16 bits per heavy atom. The summed E-state index contributed by atoms with van der Waals surface area (Å²) in [5.74, 6) is 2.34. The van der Waals surface area contributed by atoms with Crippen LogP contribution in [0.5, 0.6) is 11.6 Å². The topological polar surface area (TPSA) is 53.4 Å². The molecule has 1 aromatic heterocycles. The van der Waals surface area contributed by atoms with Gasteiger partial charge in [0.05, 0.1) is 13.2 Å². The second-order valence-electron chi connectivity index (χ2n) is 8.21. The zero-order valence-electron chi connectivity index (χ0n) is 17.9. The van der Waals surface area contributed by atoms with Crippen molar-refractivity contribution in [3.05, 3.63) is 81.4 Å². The second kappa shape index (κ2) is 9.56. The van der Waals surface area contributed by atoms with E-state index in [4.69, 9.17) is 21.1 Å². The van der Waals surface area contributed by atoms with Crippen LogP contribution in [0.25, 0.3) is 5.69 Å². The average molecular weight is 439 g/mol. The third-order valence-corrected chi connectivity index (χ3v) is 5.97. The molecule has 1 atom stereocenters. The zero-order valence-corrected chi connectivity index (χ0v) is 18.6. The molecule has 0 bridgehead atoms. The van der Waals surface area contributed by atoms with Gasteiger partial charge < -0.3 is 9.47 Å². The monoisotopic (exact) mass is 438 g/mol. The SMILES string of the molecule is Cc1cc(-n2ccnc(OCCc3ccc(Cl)cc3)c2=O)ccc1OCC(C)C1CC1. The van der Waals surface area contributed by atoms with Crippen molar-refractivity contribution < 1.29 is 9.47 Å². The number of halogens is 1. The number of aromatic nitrogens is 2. The predicted octanol–water partition coefficient (Wildman–Crippen LogP) is 5.24. The minimum Gasteiger partial charge on any atom is -0.493 e. The molecule has 1 saturated carbocycles. The molecule has 1 unspecified atom stereocenters. The average Bonchev–Trinajstić information content (AvgIpc) is 3.61. The van der Waals surface area contributed by atoms with Crippen LogP contribution in [-0.2, 0) is 6.42 Å². The highest BCUT2D eigenvalue weighted by molar-refractivity contribution is 6.30. The van der Waals surface area contributed by atoms with Gasteiger partial charge in [0, 0.05) is 29.5 Å². The summed E-state index contributed by atoms with van der Waals surface area (Å²) in [7, 11) is 0. The third-order valence-electron chi connectivity index (χ3n) is 5.72. The molecule has 6 heteroatoms. The number of nitrogens with zero attached hydrogens (tertiary/aromatic N) is 2. The first-order valence-electron chi connectivity index (χ1n) is 10.7. The van der Waals surface area contributed by atoms with Gasteiger partial charge in [0.1, 0.15) is 5.75 Å². The van der Waals surface area contributed by atoms with Gasteiger partial charge in [0.25, 0.3) is 5.88 Å². The minimum absolute atomic E-state index is 0.0905. The Kier molecular flexibility index (Phi) is 6.62. The van der Waals surface area contributed by atoms with E-state index in [2.05, 4.69) is 11.9 Å². The van der Waals surface area contributed by atoms with Crippen LogP contribution in [0, 0.1) is 18.8 Å². The molecule has 0 amide bonds. The Labute approximate surface area is 187 Å². The fourth-order valence-electron chi connectivity index (χ4n) is 3.58. The van der Waals surface area contributed by atoms with E-state index in [0.717, 1.165) is 35.1 Å². The summed E-state index contributed by atoms with van der Waals surface area (Å²) in [5.41, 5.74) is 2.56. The first-order chi connectivity index (χ1) is 15.0. The highest BCUT2D eigenvalue weighted by atomic mass is 35.5. The summed E-state index contributed by atoms with van der Waals surface area (Å²) >= 11 is 5.91. The highest BCUT2D eigenvalue weighted by Gasteiger charge is 2.28. The van der Waals surface area contributed by atoms with Crippen molar-refractivity contribution in [1.29, 1.82) is 0 Å². The van der Waals surface area contributed by atoms with Crippen LogP contribution in [0.2, 0.25) is 5.02 Å². The van der Waals surface area contributed by atoms with Crippen molar-refractivity contribution in [2.75, 3.05) is 13.2 Å². The van der Waals surface area contributed by atoms with Gasteiger partial charge in [-0.25, -0.2) is 4.98 Å². The molecule has 5 nitrogen and oxygen atoms in total. The van der Waals surface area contributed by atoms with E-state index in [9.17, 15) is 4.79 Å². The van der Waals surface area contributed by atoms with Crippen LogP contribution >= 0.6 is 11.6 Å². The zero-order chi connectivity index (χ0) is 21.8. The molecular weight excluding hydrogens is 412 g/mol. The summed E-state index contributed by atoms with van der Waals surface area (Å²) in [6.45, 7) is 5.33. The quantitative estimate of drug-likeness (QED) is 0.458. The molecule has 3 aromatic rings. The molecule has 0 aliphatic heterocycles. The molecular formula is C25H27ClN2O3. The molecule has 31 heavy (non-hydrogen) atoms. The van der Waals surface area contributed by atoms with Crippen LogP contribution < -0.4 is 15.0 Å². The molecule has 162 valence electrons. The van der Waals surface area contributed by atoms with Gasteiger partial charge in [-0.15, -0.1) is 0 Å². The van der Waals surface area contributed by atoms with E-state index < -0.39 is 0 Å². The normalized spacial score (nSPS) is 14.3. The van der Waals surface area contributed by atoms with Crippen molar-refractivity contribution >= 4 is 11.6 Å². The van der Waals surface area contributed by atoms with Gasteiger partial charge in [0.2, 0.25) is 0 Å². The lowest BCUT2D eigenvalue weighted by Gasteiger charge is -2.15. The van der Waals surface area contributed by atoms with Gasteiger partial charge in [-0.3, -0.25) is 9.36 Å². The number of hydrogen-bond donors (Lipinski definition) is 0. The molecule has 0 spiro atoms. The Morgan fingerprint density at radius 2 is 1.94 bits per heavy atom. The molecule has 4 rings (SSSR count). The maximum absolute atomic E-state index is 12.9. The Balaban J connectivity index is 1.42. The molecule has 0 N–H and O–H groups in total. The van der Waals surface area contributed by atoms with Crippen molar-refractivity contribution in [1.82, 2.24) is 9.55 Å². The molecule has 1 heterocycles. The third kappa shape index (κ3) is 5.47. The smallest absolute Gasteiger partial charge is 0.317 e. The maximum atomic E-state index is 12.9. The number of ether oxygens (including phenoxy) is 2. The number of aryl methyl sites for hydroxylation is 1. The van der Waals surface area contributed by atoms with E-state index in [-0.39, 0.29) is 11.4 Å². The van der Waals surface area contributed by atoms with E-state index in [1.54, 1.807) is 17.0 Å².